The van der Waals surface area contributed by atoms with Crippen LogP contribution in [0.2, 0.25) is 0 Å². The molecule has 2 rings (SSSR count). The molecule has 0 aliphatic carbocycles. The van der Waals surface area contributed by atoms with Crippen LogP contribution in [0.3, 0.4) is 0 Å². The van der Waals surface area contributed by atoms with Crippen LogP contribution in [0, 0.1) is 0 Å². The van der Waals surface area contributed by atoms with Crippen molar-refractivity contribution in [1.82, 2.24) is 20.2 Å². The standard InChI is InChI=1S/C12H14N4O2/c1-2-18-12(17)11-13-14-15-16(11)9-8-10-6-4-3-5-7-10/h3-7H,2,8-9H2,1H3. The number of benzene rings is 1. The van der Waals surface area contributed by atoms with Crippen LogP contribution in [0.15, 0.2) is 30.3 Å². The second kappa shape index (κ2) is 5.90. The molecule has 1 heterocycles. The Morgan fingerprint density at radius 3 is 2.83 bits per heavy atom. The summed E-state index contributed by atoms with van der Waals surface area (Å²) in [5, 5.41) is 11.0. The summed E-state index contributed by atoms with van der Waals surface area (Å²) in [6, 6.07) is 9.95. The number of carbonyl (C=O) groups excluding carboxylic acids is 1. The van der Waals surface area contributed by atoms with Crippen molar-refractivity contribution in [3.8, 4) is 0 Å². The number of nitrogens with zero attached hydrogens (tertiary/aromatic N) is 4. The van der Waals surface area contributed by atoms with E-state index in [1.54, 1.807) is 6.92 Å². The Balaban J connectivity index is 2.02. The smallest absolute Gasteiger partial charge is 0.378 e. The van der Waals surface area contributed by atoms with Gasteiger partial charge in [-0.15, -0.1) is 5.10 Å². The lowest BCUT2D eigenvalue weighted by Crippen LogP contribution is -2.15. The van der Waals surface area contributed by atoms with Gasteiger partial charge in [0.1, 0.15) is 0 Å². The van der Waals surface area contributed by atoms with Crippen molar-refractivity contribution in [1.29, 1.82) is 0 Å². The van der Waals surface area contributed by atoms with E-state index in [0.717, 1.165) is 6.42 Å². The minimum atomic E-state index is -0.490. The van der Waals surface area contributed by atoms with Crippen LogP contribution in [0.5, 0.6) is 0 Å². The number of tetrazole rings is 1. The molecule has 94 valence electrons. The van der Waals surface area contributed by atoms with Crippen molar-refractivity contribution in [2.75, 3.05) is 6.61 Å². The average Bonchev–Trinajstić information content (AvgIpc) is 2.86. The normalized spacial score (nSPS) is 10.3. The van der Waals surface area contributed by atoms with Gasteiger partial charge in [0.15, 0.2) is 0 Å². The minimum absolute atomic E-state index is 0.146. The molecular formula is C12H14N4O2. The van der Waals surface area contributed by atoms with Gasteiger partial charge in [-0.05, 0) is 29.3 Å². The fourth-order valence-electron chi connectivity index (χ4n) is 1.58. The van der Waals surface area contributed by atoms with Gasteiger partial charge < -0.3 is 4.74 Å². The summed E-state index contributed by atoms with van der Waals surface area (Å²) >= 11 is 0. The first kappa shape index (κ1) is 12.2. The van der Waals surface area contributed by atoms with E-state index in [1.807, 2.05) is 30.3 Å². The molecule has 0 saturated carbocycles. The van der Waals surface area contributed by atoms with Crippen LogP contribution in [0.1, 0.15) is 23.1 Å². The number of rotatable bonds is 5. The van der Waals surface area contributed by atoms with E-state index in [9.17, 15) is 4.79 Å². The number of esters is 1. The molecule has 0 bridgehead atoms. The fourth-order valence-corrected chi connectivity index (χ4v) is 1.58. The van der Waals surface area contributed by atoms with Gasteiger partial charge in [-0.1, -0.05) is 30.3 Å². The predicted molar refractivity (Wildman–Crippen MR) is 63.9 cm³/mol. The molecule has 0 N–H and O–H groups in total. The first-order valence-electron chi connectivity index (χ1n) is 5.78. The van der Waals surface area contributed by atoms with Crippen LogP contribution in [-0.2, 0) is 17.7 Å². The van der Waals surface area contributed by atoms with Crippen molar-refractivity contribution < 1.29 is 9.53 Å². The van der Waals surface area contributed by atoms with Crippen LogP contribution >= 0.6 is 0 Å². The molecule has 0 atom stereocenters. The molecule has 0 amide bonds. The van der Waals surface area contributed by atoms with Gasteiger partial charge in [0.25, 0.3) is 5.82 Å². The number of hydrogen-bond donors (Lipinski definition) is 0. The van der Waals surface area contributed by atoms with Crippen LogP contribution in [0.4, 0.5) is 0 Å². The van der Waals surface area contributed by atoms with Gasteiger partial charge in [0, 0.05) is 6.54 Å². The topological polar surface area (TPSA) is 69.9 Å². The highest BCUT2D eigenvalue weighted by Gasteiger charge is 2.16. The monoisotopic (exact) mass is 246 g/mol. The first-order valence-corrected chi connectivity index (χ1v) is 5.78. The van der Waals surface area contributed by atoms with Crippen molar-refractivity contribution in [3.63, 3.8) is 0 Å². The summed E-state index contributed by atoms with van der Waals surface area (Å²) in [5.74, 6) is -0.344. The largest absolute Gasteiger partial charge is 0.460 e. The number of aryl methyl sites for hydroxylation is 2. The molecule has 6 nitrogen and oxygen atoms in total. The van der Waals surface area contributed by atoms with E-state index in [1.165, 1.54) is 10.2 Å². The molecular weight excluding hydrogens is 232 g/mol. The highest BCUT2D eigenvalue weighted by atomic mass is 16.5. The van der Waals surface area contributed by atoms with Crippen LogP contribution in [0.25, 0.3) is 0 Å². The summed E-state index contributed by atoms with van der Waals surface area (Å²) in [5.41, 5.74) is 1.17. The lowest BCUT2D eigenvalue weighted by atomic mass is 10.1. The molecule has 0 aliphatic heterocycles. The number of aromatic nitrogens is 4. The molecule has 0 fully saturated rings. The molecule has 18 heavy (non-hydrogen) atoms. The van der Waals surface area contributed by atoms with E-state index in [4.69, 9.17) is 4.74 Å². The van der Waals surface area contributed by atoms with E-state index >= 15 is 0 Å². The Hall–Kier alpha value is -2.24. The van der Waals surface area contributed by atoms with E-state index in [-0.39, 0.29) is 5.82 Å². The summed E-state index contributed by atoms with van der Waals surface area (Å²) in [6.07, 6.45) is 0.762. The Morgan fingerprint density at radius 2 is 2.11 bits per heavy atom. The number of carbonyl (C=O) groups is 1. The van der Waals surface area contributed by atoms with Crippen molar-refractivity contribution in [2.45, 2.75) is 19.9 Å². The Labute approximate surface area is 105 Å². The molecule has 2 aromatic rings. The third-order valence-electron chi connectivity index (χ3n) is 2.45. The quantitative estimate of drug-likeness (QED) is 0.739. The molecule has 0 aliphatic rings. The molecule has 6 heteroatoms. The van der Waals surface area contributed by atoms with Gasteiger partial charge in [0.05, 0.1) is 6.61 Å². The lowest BCUT2D eigenvalue weighted by Gasteiger charge is -2.04. The summed E-state index contributed by atoms with van der Waals surface area (Å²) in [4.78, 5) is 11.6. The first-order chi connectivity index (χ1) is 8.81. The second-order valence-electron chi connectivity index (χ2n) is 3.68. The average molecular weight is 246 g/mol. The SMILES string of the molecule is CCOC(=O)c1nnnn1CCc1ccccc1. The third-order valence-corrected chi connectivity index (χ3v) is 2.45. The molecule has 0 spiro atoms. The second-order valence-corrected chi connectivity index (χ2v) is 3.68. The maximum absolute atomic E-state index is 11.6. The fraction of sp³-hybridized carbons (Fsp3) is 0.333. The molecule has 0 unspecified atom stereocenters. The minimum Gasteiger partial charge on any atom is -0.460 e. The maximum Gasteiger partial charge on any atom is 0.378 e. The van der Waals surface area contributed by atoms with Gasteiger partial charge >= 0.3 is 5.97 Å². The zero-order chi connectivity index (χ0) is 12.8. The van der Waals surface area contributed by atoms with E-state index < -0.39 is 5.97 Å². The van der Waals surface area contributed by atoms with E-state index in [2.05, 4.69) is 15.5 Å². The molecule has 0 saturated heterocycles. The molecule has 1 aromatic carbocycles. The highest BCUT2D eigenvalue weighted by molar-refractivity contribution is 5.85. The molecule has 0 radical (unpaired) electrons. The molecule has 1 aromatic heterocycles. The van der Waals surface area contributed by atoms with Crippen LogP contribution in [-0.4, -0.2) is 32.8 Å². The van der Waals surface area contributed by atoms with Gasteiger partial charge in [-0.2, -0.15) is 0 Å². The van der Waals surface area contributed by atoms with Crippen molar-refractivity contribution >= 4 is 5.97 Å². The maximum atomic E-state index is 11.6. The number of hydrogen-bond acceptors (Lipinski definition) is 5. The van der Waals surface area contributed by atoms with Crippen molar-refractivity contribution in [2.24, 2.45) is 0 Å². The van der Waals surface area contributed by atoms with Gasteiger partial charge in [-0.3, -0.25) is 0 Å². The summed E-state index contributed by atoms with van der Waals surface area (Å²) < 4.78 is 6.34. The number of ether oxygens (including phenoxy) is 1. The highest BCUT2D eigenvalue weighted by Crippen LogP contribution is 2.03. The summed E-state index contributed by atoms with van der Waals surface area (Å²) in [7, 11) is 0. The lowest BCUT2D eigenvalue weighted by molar-refractivity contribution is 0.0504. The third kappa shape index (κ3) is 2.91. The zero-order valence-corrected chi connectivity index (χ0v) is 10.1. The van der Waals surface area contributed by atoms with Crippen molar-refractivity contribution in [3.05, 3.63) is 41.7 Å². The van der Waals surface area contributed by atoms with Gasteiger partial charge in [-0.25, -0.2) is 9.48 Å². The van der Waals surface area contributed by atoms with Gasteiger partial charge in [0.2, 0.25) is 0 Å². The van der Waals surface area contributed by atoms with E-state index in [0.29, 0.717) is 13.2 Å². The Kier molecular flexibility index (Phi) is 4.01. The van der Waals surface area contributed by atoms with Crippen LogP contribution < -0.4 is 0 Å². The summed E-state index contributed by atoms with van der Waals surface area (Å²) in [6.45, 7) is 2.60. The zero-order valence-electron chi connectivity index (χ0n) is 10.1. The Bertz CT molecular complexity index is 510. The predicted octanol–water partition coefficient (Wildman–Crippen LogP) is 1.09. The Morgan fingerprint density at radius 1 is 1.33 bits per heavy atom.